The second kappa shape index (κ2) is 16.6. The molecule has 14 rings (SSSR count). The van der Waals surface area contributed by atoms with Gasteiger partial charge in [-0.2, -0.15) is 0 Å². The predicted octanol–water partition coefficient (Wildman–Crippen LogP) is 4.89. The van der Waals surface area contributed by atoms with E-state index in [4.69, 9.17) is 39.9 Å². The highest BCUT2D eigenvalue weighted by Crippen LogP contribution is 2.64. The summed E-state index contributed by atoms with van der Waals surface area (Å²) in [6, 6.07) is 8.35. The van der Waals surface area contributed by atoms with Crippen LogP contribution in [0, 0.1) is 59.5 Å². The average Bonchev–Trinajstić information content (AvgIpc) is 4.14. The van der Waals surface area contributed by atoms with Crippen molar-refractivity contribution in [1.29, 1.82) is 0 Å². The van der Waals surface area contributed by atoms with Crippen molar-refractivity contribution < 1.29 is 44.7 Å². The first-order valence-corrected chi connectivity index (χ1v) is 23.4. The highest BCUT2D eigenvalue weighted by atomic mass is 16.4. The van der Waals surface area contributed by atoms with E-state index in [9.17, 15) is 29.4 Å². The van der Waals surface area contributed by atoms with E-state index in [1.54, 1.807) is 18.2 Å². The van der Waals surface area contributed by atoms with Crippen molar-refractivity contribution in [3.63, 3.8) is 0 Å². The third-order valence-corrected chi connectivity index (χ3v) is 17.0. The first kappa shape index (κ1) is 45.0. The van der Waals surface area contributed by atoms with Gasteiger partial charge in [0.15, 0.2) is 0 Å². The molecule has 0 radical (unpaired) electrons. The number of amides is 2. The number of hydrogen-bond donors (Lipinski definition) is 7. The first-order valence-electron chi connectivity index (χ1n) is 23.4. The van der Waals surface area contributed by atoms with Gasteiger partial charge in [0.2, 0.25) is 11.8 Å². The minimum absolute atomic E-state index is 0.0125. The summed E-state index contributed by atoms with van der Waals surface area (Å²) in [6.07, 6.45) is 17.3. The third-order valence-electron chi connectivity index (χ3n) is 17.0. The number of benzene rings is 1. The molecular weight excluding hydrogens is 831 g/mol. The second-order valence-corrected chi connectivity index (χ2v) is 21.7. The summed E-state index contributed by atoms with van der Waals surface area (Å²) in [6.45, 7) is 14.8. The fraction of sp³-hybridized carbons (Fsp3) is 0.653. The first-order chi connectivity index (χ1) is 30.9. The van der Waals surface area contributed by atoms with Crippen LogP contribution in [0.4, 0.5) is 0 Å². The van der Waals surface area contributed by atoms with Crippen LogP contribution in [0.1, 0.15) is 123 Å². The zero-order valence-corrected chi connectivity index (χ0v) is 36.6. The van der Waals surface area contributed by atoms with Gasteiger partial charge in [-0.25, -0.2) is 22.7 Å². The molecule has 10 aliphatic carbocycles. The summed E-state index contributed by atoms with van der Waals surface area (Å²) in [5.41, 5.74) is 11.6. The lowest BCUT2D eigenvalue weighted by atomic mass is 9.46. The molecule has 1 aromatic heterocycles. The molecule has 2 amide bonds. The molecule has 12 fully saturated rings. The molecule has 9 N–H and O–H groups in total. The van der Waals surface area contributed by atoms with Crippen molar-refractivity contribution in [3.8, 4) is 5.75 Å². The maximum atomic E-state index is 13.1. The van der Waals surface area contributed by atoms with Gasteiger partial charge < -0.3 is 37.0 Å². The van der Waals surface area contributed by atoms with E-state index in [-0.39, 0.29) is 63.9 Å². The van der Waals surface area contributed by atoms with Gasteiger partial charge in [0.1, 0.15) is 11.3 Å². The molecular formula is C49H61N7O9. The molecule has 2 aromatic rings. The number of rotatable bonds is 6. The highest BCUT2D eigenvalue weighted by Gasteiger charge is 2.65. The lowest BCUT2D eigenvalue weighted by Gasteiger charge is -2.61. The Labute approximate surface area is 379 Å². The van der Waals surface area contributed by atoms with Gasteiger partial charge in [0, 0.05) is 37.3 Å². The van der Waals surface area contributed by atoms with E-state index in [2.05, 4.69) is 14.7 Å². The molecule has 16 heteroatoms. The smallest absolute Gasteiger partial charge is 0.339 e. The zero-order chi connectivity index (χ0) is 46.2. The molecule has 12 atom stereocenters. The molecule has 1 aromatic carbocycles. The number of pyridine rings is 1. The Bertz CT molecular complexity index is 2160. The summed E-state index contributed by atoms with van der Waals surface area (Å²) >= 11 is 0. The zero-order valence-electron chi connectivity index (χ0n) is 36.6. The molecule has 346 valence electrons. The number of piperidine rings is 2. The number of carbonyl (C=O) groups is 4. The van der Waals surface area contributed by atoms with Gasteiger partial charge in [-0.1, -0.05) is 12.1 Å². The van der Waals surface area contributed by atoms with Crippen LogP contribution in [0.15, 0.2) is 48.8 Å². The molecule has 2 aliphatic heterocycles. The van der Waals surface area contributed by atoms with Crippen LogP contribution in [-0.4, -0.2) is 112 Å². The molecule has 12 aliphatic rings. The van der Waals surface area contributed by atoms with Crippen molar-refractivity contribution in [2.75, 3.05) is 0 Å². The number of phenols is 1. The lowest BCUT2D eigenvalue weighted by Crippen LogP contribution is -2.64. The number of carbonyl (C=O) groups excluding carboxylic acids is 2. The number of aromatic nitrogens is 1. The molecule has 3 heterocycles. The van der Waals surface area contributed by atoms with Crippen molar-refractivity contribution in [2.24, 2.45) is 57.8 Å². The SMILES string of the molecule is O=C(O)c1ccccc1O.O=C(O)c1cccnc1.[C-]#[N+][C@@H]1C[C@@H]2C[C@@H]2N1C(=O)C(N)C12CC3CC(CC(O)(C3)C1)C2.[C-]#[N+][C@@H]1C[C@@H]2C[C@@H]2N1C(=O)C(N)C12CC3CC(CC(O)(C3)C1)C2. The number of nitrogens with zero attached hydrogens (tertiary/aromatic N) is 5. The quantitative estimate of drug-likeness (QED) is 0.192. The van der Waals surface area contributed by atoms with E-state index in [1.165, 1.54) is 43.4 Å². The maximum Gasteiger partial charge on any atom is 0.339 e. The number of likely N-dealkylation sites (tertiary alicyclic amines) is 2. The molecule has 65 heavy (non-hydrogen) atoms. The summed E-state index contributed by atoms with van der Waals surface area (Å²) in [5, 5.41) is 47.4. The van der Waals surface area contributed by atoms with Crippen LogP contribution in [0.25, 0.3) is 9.69 Å². The molecule has 10 saturated carbocycles. The van der Waals surface area contributed by atoms with Gasteiger partial charge in [-0.05, 0) is 160 Å². The molecule has 0 spiro atoms. The van der Waals surface area contributed by atoms with Gasteiger partial charge in [-0.15, -0.1) is 0 Å². The number of aromatic carboxylic acids is 2. The van der Waals surface area contributed by atoms with Crippen LogP contribution < -0.4 is 11.5 Å². The summed E-state index contributed by atoms with van der Waals surface area (Å²) in [7, 11) is 0. The van der Waals surface area contributed by atoms with E-state index >= 15 is 0 Å². The van der Waals surface area contributed by atoms with Crippen LogP contribution >= 0.6 is 0 Å². The van der Waals surface area contributed by atoms with Crippen molar-refractivity contribution >= 4 is 23.8 Å². The fourth-order valence-electron chi connectivity index (χ4n) is 15.0. The second-order valence-electron chi connectivity index (χ2n) is 21.7. The maximum absolute atomic E-state index is 13.1. The average molecular weight is 892 g/mol. The predicted molar refractivity (Wildman–Crippen MR) is 234 cm³/mol. The number of nitrogens with two attached hydrogens (primary N) is 2. The van der Waals surface area contributed by atoms with Crippen LogP contribution in [0.2, 0.25) is 0 Å². The Balaban J connectivity index is 0.000000119. The van der Waals surface area contributed by atoms with Crippen LogP contribution in [0.3, 0.4) is 0 Å². The van der Waals surface area contributed by atoms with E-state index in [1.807, 2.05) is 9.80 Å². The van der Waals surface area contributed by atoms with Gasteiger partial charge >= 0.3 is 24.3 Å². The minimum Gasteiger partial charge on any atom is -0.507 e. The Kier molecular flexibility index (Phi) is 11.5. The number of aliphatic hydroxyl groups is 2. The Morgan fingerprint density at radius 1 is 0.646 bits per heavy atom. The molecule has 2 saturated heterocycles. The Morgan fingerprint density at radius 3 is 1.42 bits per heavy atom. The van der Waals surface area contributed by atoms with Crippen LogP contribution in [0.5, 0.6) is 5.75 Å². The van der Waals surface area contributed by atoms with E-state index < -0.39 is 35.2 Å². The number of para-hydroxylation sites is 1. The van der Waals surface area contributed by atoms with Gasteiger partial charge in [0.25, 0.3) is 0 Å². The molecule has 16 nitrogen and oxygen atoms in total. The van der Waals surface area contributed by atoms with Crippen molar-refractivity contribution in [1.82, 2.24) is 14.8 Å². The number of carboxylic acid groups (broad SMARTS) is 2. The summed E-state index contributed by atoms with van der Waals surface area (Å²) in [4.78, 5) is 61.3. The standard InChI is InChI=1S/2C18H25N3O2.C7H6O3.C6H5NO2/c2*1-20-14-4-12-3-13(12)21(14)16(22)15(19)17-5-10-2-11(6-17)8-18(23,7-10)9-17;8-6-4-2-1-3-5(6)7(9)10;8-6(9)5-2-1-3-7-4-5/h2*10-15,23H,2-9,19H2;1-4,8H,(H,9,10);1-4H,(H,8,9)/t2*10?,11?,12-,13-,14-,15?,17?,18?;;/m00../s1. The number of aromatic hydroxyl groups is 1. The highest BCUT2D eigenvalue weighted by molar-refractivity contribution is 5.90. The van der Waals surface area contributed by atoms with Gasteiger partial charge in [0.05, 0.1) is 28.8 Å². The minimum atomic E-state index is -1.11. The Morgan fingerprint density at radius 2 is 1.09 bits per heavy atom. The van der Waals surface area contributed by atoms with E-state index in [0.29, 0.717) is 48.3 Å². The number of carboxylic acids is 2. The summed E-state index contributed by atoms with van der Waals surface area (Å²) < 4.78 is 0. The summed E-state index contributed by atoms with van der Waals surface area (Å²) in [5.74, 6) is 0.914. The van der Waals surface area contributed by atoms with E-state index in [0.717, 1.165) is 77.0 Å². The lowest BCUT2D eigenvalue weighted by molar-refractivity contribution is -0.178. The molecule has 8 bridgehead atoms. The normalized spacial score (nSPS) is 40.7. The van der Waals surface area contributed by atoms with Crippen molar-refractivity contribution in [2.45, 2.75) is 150 Å². The Hall–Kier alpha value is -5.13. The van der Waals surface area contributed by atoms with Gasteiger partial charge in [-0.3, -0.25) is 34.1 Å². The largest absolute Gasteiger partial charge is 0.507 e. The van der Waals surface area contributed by atoms with Crippen LogP contribution in [-0.2, 0) is 9.59 Å². The third kappa shape index (κ3) is 8.48. The fourth-order valence-corrected chi connectivity index (χ4v) is 15.0. The number of hydrogen-bond acceptors (Lipinski definition) is 10. The van der Waals surface area contributed by atoms with Crippen molar-refractivity contribution in [3.05, 3.63) is 82.8 Å². The monoisotopic (exact) mass is 891 g/mol. The number of fused-ring (bicyclic) bond motifs is 2. The molecule has 6 unspecified atom stereocenters. The topological polar surface area (TPSA) is 250 Å².